The lowest BCUT2D eigenvalue weighted by molar-refractivity contribution is -0.124. The van der Waals surface area contributed by atoms with Gasteiger partial charge in [-0.3, -0.25) is 4.79 Å². The normalized spacial score (nSPS) is 15.7. The Kier molecular flexibility index (Phi) is 7.95. The summed E-state index contributed by atoms with van der Waals surface area (Å²) >= 11 is 1.58. The van der Waals surface area contributed by atoms with Crippen LogP contribution < -0.4 is 10.1 Å². The minimum absolute atomic E-state index is 0.227. The van der Waals surface area contributed by atoms with Gasteiger partial charge >= 0.3 is 5.97 Å². The molecule has 0 unspecified atom stereocenters. The maximum atomic E-state index is 12.5. The minimum Gasteiger partial charge on any atom is -0.496 e. The number of carbonyl (C=O) groups excluding carboxylic acids is 2. The molecule has 1 heterocycles. The van der Waals surface area contributed by atoms with Crippen molar-refractivity contribution in [1.82, 2.24) is 5.32 Å². The molecule has 1 atom stereocenters. The van der Waals surface area contributed by atoms with Crippen LogP contribution in [0.3, 0.4) is 0 Å². The summed E-state index contributed by atoms with van der Waals surface area (Å²) in [5.41, 5.74) is 1.32. The summed E-state index contributed by atoms with van der Waals surface area (Å²) in [6, 6.07) is 14.7. The molecule has 7 heteroatoms. The van der Waals surface area contributed by atoms with E-state index in [1.807, 2.05) is 36.4 Å². The van der Waals surface area contributed by atoms with Gasteiger partial charge in [-0.1, -0.05) is 30.3 Å². The summed E-state index contributed by atoms with van der Waals surface area (Å²) in [5.74, 6) is 0.618. The van der Waals surface area contributed by atoms with E-state index in [1.54, 1.807) is 31.0 Å². The number of ether oxygens (including phenoxy) is 3. The Balaban J connectivity index is 1.49. The summed E-state index contributed by atoms with van der Waals surface area (Å²) in [5, 5.41) is 2.74. The van der Waals surface area contributed by atoms with Gasteiger partial charge in [0.1, 0.15) is 5.75 Å². The second kappa shape index (κ2) is 10.9. The van der Waals surface area contributed by atoms with E-state index in [0.717, 1.165) is 35.7 Å². The molecule has 0 bridgehead atoms. The molecule has 29 heavy (non-hydrogen) atoms. The van der Waals surface area contributed by atoms with Crippen LogP contribution in [0, 0.1) is 0 Å². The van der Waals surface area contributed by atoms with Gasteiger partial charge in [0.15, 0.2) is 6.61 Å². The lowest BCUT2D eigenvalue weighted by Crippen LogP contribution is -2.28. The number of hydrogen-bond acceptors (Lipinski definition) is 6. The van der Waals surface area contributed by atoms with Crippen LogP contribution in [0.25, 0.3) is 0 Å². The number of rotatable bonds is 9. The monoisotopic (exact) mass is 415 g/mol. The molecule has 154 valence electrons. The molecular formula is C22H25NO5S. The fraction of sp³-hybridized carbons (Fsp3) is 0.364. The predicted molar refractivity (Wildman–Crippen MR) is 111 cm³/mol. The molecule has 6 nitrogen and oxygen atoms in total. The van der Waals surface area contributed by atoms with Gasteiger partial charge in [0, 0.05) is 29.4 Å². The molecule has 1 N–H and O–H groups in total. The molecule has 0 saturated carbocycles. The van der Waals surface area contributed by atoms with Crippen LogP contribution in [-0.4, -0.2) is 44.1 Å². The van der Waals surface area contributed by atoms with E-state index in [-0.39, 0.29) is 18.6 Å². The van der Waals surface area contributed by atoms with Gasteiger partial charge < -0.3 is 19.5 Å². The molecule has 0 aliphatic carbocycles. The number of methoxy groups -OCH3 is 1. The van der Waals surface area contributed by atoms with Gasteiger partial charge in [0.05, 0.1) is 18.8 Å². The molecular weight excluding hydrogens is 390 g/mol. The molecule has 1 aliphatic rings. The van der Waals surface area contributed by atoms with E-state index in [2.05, 4.69) is 5.32 Å². The fourth-order valence-electron chi connectivity index (χ4n) is 3.02. The Hall–Kier alpha value is -2.51. The van der Waals surface area contributed by atoms with Crippen LogP contribution in [0.5, 0.6) is 5.75 Å². The lowest BCUT2D eigenvalue weighted by Gasteiger charge is -2.12. The van der Waals surface area contributed by atoms with Crippen LogP contribution in [0.15, 0.2) is 53.4 Å². The smallest absolute Gasteiger partial charge is 0.339 e. The zero-order valence-corrected chi connectivity index (χ0v) is 17.2. The number of amides is 1. The van der Waals surface area contributed by atoms with Crippen molar-refractivity contribution in [3.05, 3.63) is 59.7 Å². The SMILES string of the molecule is COc1ccccc1CNC(=O)COC(=O)c1ccccc1SC[C@H]1CCCO1. The third-order valence-electron chi connectivity index (χ3n) is 4.56. The van der Waals surface area contributed by atoms with Crippen molar-refractivity contribution in [3.8, 4) is 5.75 Å². The first-order valence-corrected chi connectivity index (χ1v) is 10.5. The molecule has 0 aromatic heterocycles. The first-order chi connectivity index (χ1) is 14.2. The molecule has 1 fully saturated rings. The topological polar surface area (TPSA) is 73.9 Å². The summed E-state index contributed by atoms with van der Waals surface area (Å²) in [7, 11) is 1.58. The van der Waals surface area contributed by atoms with E-state index < -0.39 is 5.97 Å². The zero-order valence-electron chi connectivity index (χ0n) is 16.4. The quantitative estimate of drug-likeness (QED) is 0.500. The average molecular weight is 416 g/mol. The standard InChI is InChI=1S/C22H25NO5S/c1-26-19-10-4-2-7-16(19)13-23-21(24)14-28-22(25)18-9-3-5-11-20(18)29-15-17-8-6-12-27-17/h2-5,7,9-11,17H,6,8,12-15H2,1H3,(H,23,24)/t17-/m1/s1. The predicted octanol–water partition coefficient (Wildman–Crippen LogP) is 3.44. The summed E-state index contributed by atoms with van der Waals surface area (Å²) in [6.45, 7) is 0.770. The molecule has 1 aliphatic heterocycles. The highest BCUT2D eigenvalue weighted by Crippen LogP contribution is 2.27. The van der Waals surface area contributed by atoms with E-state index in [4.69, 9.17) is 14.2 Å². The van der Waals surface area contributed by atoms with Crippen molar-refractivity contribution >= 4 is 23.6 Å². The van der Waals surface area contributed by atoms with Gasteiger partial charge in [-0.25, -0.2) is 4.79 Å². The van der Waals surface area contributed by atoms with Gasteiger partial charge in [0.25, 0.3) is 5.91 Å². The Morgan fingerprint density at radius 3 is 2.76 bits per heavy atom. The van der Waals surface area contributed by atoms with Crippen molar-refractivity contribution < 1.29 is 23.8 Å². The number of thioether (sulfide) groups is 1. The second-order valence-electron chi connectivity index (χ2n) is 6.61. The number of hydrogen-bond donors (Lipinski definition) is 1. The number of para-hydroxylation sites is 1. The highest BCUT2D eigenvalue weighted by Gasteiger charge is 2.19. The van der Waals surface area contributed by atoms with E-state index in [9.17, 15) is 9.59 Å². The van der Waals surface area contributed by atoms with Gasteiger partial charge in [-0.15, -0.1) is 11.8 Å². The number of esters is 1. The van der Waals surface area contributed by atoms with Crippen LogP contribution >= 0.6 is 11.8 Å². The minimum atomic E-state index is -0.507. The van der Waals surface area contributed by atoms with Crippen molar-refractivity contribution in [3.63, 3.8) is 0 Å². The molecule has 1 amide bonds. The van der Waals surface area contributed by atoms with Crippen molar-refractivity contribution in [1.29, 1.82) is 0 Å². The lowest BCUT2D eigenvalue weighted by atomic mass is 10.2. The number of benzene rings is 2. The van der Waals surface area contributed by atoms with E-state index in [1.165, 1.54) is 0 Å². The van der Waals surface area contributed by atoms with Gasteiger partial charge in [-0.05, 0) is 31.0 Å². The number of nitrogens with one attached hydrogen (secondary N) is 1. The Morgan fingerprint density at radius 2 is 1.97 bits per heavy atom. The van der Waals surface area contributed by atoms with Crippen molar-refractivity contribution in [2.24, 2.45) is 0 Å². The van der Waals surface area contributed by atoms with Crippen molar-refractivity contribution in [2.45, 2.75) is 30.4 Å². The first kappa shape index (κ1) is 21.2. The summed E-state index contributed by atoms with van der Waals surface area (Å²) in [6.07, 6.45) is 2.36. The maximum absolute atomic E-state index is 12.5. The zero-order chi connectivity index (χ0) is 20.5. The van der Waals surface area contributed by atoms with Crippen LogP contribution in [0.2, 0.25) is 0 Å². The molecule has 2 aromatic rings. The highest BCUT2D eigenvalue weighted by molar-refractivity contribution is 7.99. The molecule has 2 aromatic carbocycles. The van der Waals surface area contributed by atoms with Crippen LogP contribution in [0.1, 0.15) is 28.8 Å². The molecule has 1 saturated heterocycles. The van der Waals surface area contributed by atoms with Gasteiger partial charge in [-0.2, -0.15) is 0 Å². The Labute approximate surface area is 174 Å². The molecule has 3 rings (SSSR count). The summed E-state index contributed by atoms with van der Waals surface area (Å²) < 4.78 is 16.1. The Morgan fingerprint density at radius 1 is 1.17 bits per heavy atom. The maximum Gasteiger partial charge on any atom is 0.339 e. The molecule has 0 radical (unpaired) electrons. The Bertz CT molecular complexity index is 835. The highest BCUT2D eigenvalue weighted by atomic mass is 32.2. The fourth-order valence-corrected chi connectivity index (χ4v) is 4.13. The van der Waals surface area contributed by atoms with E-state index in [0.29, 0.717) is 17.9 Å². The van der Waals surface area contributed by atoms with E-state index >= 15 is 0 Å². The first-order valence-electron chi connectivity index (χ1n) is 9.56. The van der Waals surface area contributed by atoms with Crippen LogP contribution in [-0.2, 0) is 20.8 Å². The molecule has 0 spiro atoms. The van der Waals surface area contributed by atoms with Crippen LogP contribution in [0.4, 0.5) is 0 Å². The number of carbonyl (C=O) groups is 2. The summed E-state index contributed by atoms with van der Waals surface area (Å²) in [4.78, 5) is 25.4. The third-order valence-corrected chi connectivity index (χ3v) is 5.76. The third kappa shape index (κ3) is 6.24. The van der Waals surface area contributed by atoms with Crippen molar-refractivity contribution in [2.75, 3.05) is 26.1 Å². The average Bonchev–Trinajstić information content (AvgIpc) is 3.28. The second-order valence-corrected chi connectivity index (χ2v) is 7.67. The van der Waals surface area contributed by atoms with Gasteiger partial charge in [0.2, 0.25) is 0 Å². The largest absolute Gasteiger partial charge is 0.496 e.